The molecule has 1 aromatic rings. The van der Waals surface area contributed by atoms with E-state index in [0.29, 0.717) is 50.4 Å². The topological polar surface area (TPSA) is 99.1 Å². The van der Waals surface area contributed by atoms with Crippen LogP contribution in [0.3, 0.4) is 0 Å². The molecule has 0 spiro atoms. The van der Waals surface area contributed by atoms with Crippen LogP contribution in [0.2, 0.25) is 0 Å². The van der Waals surface area contributed by atoms with Gasteiger partial charge in [0.1, 0.15) is 5.60 Å². The van der Waals surface area contributed by atoms with E-state index in [1.807, 2.05) is 20.8 Å². The van der Waals surface area contributed by atoms with Gasteiger partial charge in [-0.25, -0.2) is 9.59 Å². The minimum Gasteiger partial charge on any atom is -0.465 e. The van der Waals surface area contributed by atoms with Crippen LogP contribution in [0.1, 0.15) is 62.9 Å². The molecule has 0 radical (unpaired) electrons. The van der Waals surface area contributed by atoms with Gasteiger partial charge < -0.3 is 29.0 Å². The third kappa shape index (κ3) is 6.00. The van der Waals surface area contributed by atoms with Crippen LogP contribution in [0.15, 0.2) is 17.1 Å². The smallest absolute Gasteiger partial charge is 0.410 e. The number of carbonyl (C=O) groups excluding carboxylic acids is 2. The van der Waals surface area contributed by atoms with Gasteiger partial charge in [0.15, 0.2) is 0 Å². The lowest BCUT2D eigenvalue weighted by molar-refractivity contribution is 0.0210. The van der Waals surface area contributed by atoms with Crippen molar-refractivity contribution in [3.8, 4) is 0 Å². The molecule has 1 amide bonds. The Bertz CT molecular complexity index is 846. The SMILES string of the molecule is COC(=O)c1cn(C2CCOCC2)c(=O)cc1NC1CCN(C(=O)OC(C)(C)C)CC1. The second-order valence-corrected chi connectivity index (χ2v) is 9.07. The van der Waals surface area contributed by atoms with Crippen molar-refractivity contribution in [2.75, 3.05) is 38.7 Å². The first-order valence-corrected chi connectivity index (χ1v) is 10.8. The molecule has 0 unspecified atom stereocenters. The zero-order valence-corrected chi connectivity index (χ0v) is 18.8. The minimum absolute atomic E-state index is 0.00998. The van der Waals surface area contributed by atoms with Crippen molar-refractivity contribution in [2.45, 2.75) is 64.1 Å². The average Bonchev–Trinajstić information content (AvgIpc) is 2.73. The summed E-state index contributed by atoms with van der Waals surface area (Å²) >= 11 is 0. The second-order valence-electron chi connectivity index (χ2n) is 9.07. The standard InChI is InChI=1S/C22H33N3O6/c1-22(2,3)31-21(28)24-9-5-15(6-10-24)23-18-13-19(26)25(14-17(18)20(27)29-4)16-7-11-30-12-8-16/h13-16,23H,5-12H2,1-4H3. The van der Waals surface area contributed by atoms with Gasteiger partial charge in [-0.05, 0) is 46.5 Å². The molecule has 3 rings (SSSR count). The largest absolute Gasteiger partial charge is 0.465 e. The van der Waals surface area contributed by atoms with E-state index >= 15 is 0 Å². The molecule has 2 aliphatic rings. The molecule has 9 nitrogen and oxygen atoms in total. The van der Waals surface area contributed by atoms with E-state index in [2.05, 4.69) is 5.32 Å². The number of aromatic nitrogens is 1. The van der Waals surface area contributed by atoms with E-state index in [0.717, 1.165) is 12.8 Å². The van der Waals surface area contributed by atoms with Crippen LogP contribution in [-0.2, 0) is 14.2 Å². The third-order valence-electron chi connectivity index (χ3n) is 5.58. The minimum atomic E-state index is -0.532. The molecule has 172 valence electrons. The monoisotopic (exact) mass is 435 g/mol. The number of hydrogen-bond donors (Lipinski definition) is 1. The van der Waals surface area contributed by atoms with Gasteiger partial charge in [0.05, 0.1) is 18.4 Å². The number of hydrogen-bond acceptors (Lipinski definition) is 7. The zero-order valence-electron chi connectivity index (χ0n) is 18.8. The first-order chi connectivity index (χ1) is 14.7. The van der Waals surface area contributed by atoms with E-state index in [1.165, 1.54) is 13.2 Å². The number of amides is 1. The zero-order chi connectivity index (χ0) is 22.6. The molecular weight excluding hydrogens is 402 g/mol. The maximum absolute atomic E-state index is 12.8. The quantitative estimate of drug-likeness (QED) is 0.726. The highest BCUT2D eigenvalue weighted by Crippen LogP contribution is 2.24. The molecule has 2 fully saturated rings. The summed E-state index contributed by atoms with van der Waals surface area (Å²) in [4.78, 5) is 39.2. The normalized spacial score (nSPS) is 18.5. The van der Waals surface area contributed by atoms with Crippen LogP contribution < -0.4 is 10.9 Å². The number of anilines is 1. The Morgan fingerprint density at radius 3 is 2.35 bits per heavy atom. The summed E-state index contributed by atoms with van der Waals surface area (Å²) < 4.78 is 17.4. The Kier molecular flexibility index (Phi) is 7.25. The first kappa shape index (κ1) is 23.1. The molecule has 3 heterocycles. The molecule has 2 aliphatic heterocycles. The number of likely N-dealkylation sites (tertiary alicyclic amines) is 1. The number of piperidine rings is 1. The van der Waals surface area contributed by atoms with Gasteiger partial charge in [-0.3, -0.25) is 4.79 Å². The molecule has 31 heavy (non-hydrogen) atoms. The van der Waals surface area contributed by atoms with Gasteiger partial charge in [-0.1, -0.05) is 0 Å². The van der Waals surface area contributed by atoms with Crippen LogP contribution >= 0.6 is 0 Å². The third-order valence-corrected chi connectivity index (χ3v) is 5.58. The number of methoxy groups -OCH3 is 1. The van der Waals surface area contributed by atoms with Crippen LogP contribution in [0.4, 0.5) is 10.5 Å². The summed E-state index contributed by atoms with van der Waals surface area (Å²) in [7, 11) is 1.33. The maximum Gasteiger partial charge on any atom is 0.410 e. The Morgan fingerprint density at radius 1 is 1.13 bits per heavy atom. The van der Waals surface area contributed by atoms with Crippen LogP contribution in [0, 0.1) is 0 Å². The predicted molar refractivity (Wildman–Crippen MR) is 116 cm³/mol. The number of ether oxygens (including phenoxy) is 3. The molecule has 2 saturated heterocycles. The Hall–Kier alpha value is -2.55. The molecule has 1 aromatic heterocycles. The van der Waals surface area contributed by atoms with Crippen LogP contribution in [0.5, 0.6) is 0 Å². The van der Waals surface area contributed by atoms with Gasteiger partial charge in [0, 0.05) is 50.7 Å². The van der Waals surface area contributed by atoms with E-state index < -0.39 is 11.6 Å². The number of rotatable bonds is 4. The molecule has 0 atom stereocenters. The van der Waals surface area contributed by atoms with Gasteiger partial charge in [0.25, 0.3) is 5.56 Å². The number of nitrogens with one attached hydrogen (secondary N) is 1. The molecule has 9 heteroatoms. The fourth-order valence-corrected chi connectivity index (χ4v) is 3.94. The van der Waals surface area contributed by atoms with Crippen molar-refractivity contribution in [2.24, 2.45) is 0 Å². The van der Waals surface area contributed by atoms with Crippen molar-refractivity contribution in [3.63, 3.8) is 0 Å². The lowest BCUT2D eigenvalue weighted by Gasteiger charge is -2.34. The molecular formula is C22H33N3O6. The van der Waals surface area contributed by atoms with Gasteiger partial charge in [-0.2, -0.15) is 0 Å². The van der Waals surface area contributed by atoms with E-state index in [9.17, 15) is 14.4 Å². The fourth-order valence-electron chi connectivity index (χ4n) is 3.94. The number of nitrogens with zero attached hydrogens (tertiary/aromatic N) is 2. The van der Waals surface area contributed by atoms with E-state index in [-0.39, 0.29) is 23.7 Å². The average molecular weight is 436 g/mol. The lowest BCUT2D eigenvalue weighted by atomic mass is 10.0. The highest BCUT2D eigenvalue weighted by atomic mass is 16.6. The molecule has 1 N–H and O–H groups in total. The van der Waals surface area contributed by atoms with Crippen molar-refractivity contribution in [1.82, 2.24) is 9.47 Å². The fraction of sp³-hybridized carbons (Fsp3) is 0.682. The Labute approximate surface area is 182 Å². The maximum atomic E-state index is 12.8. The predicted octanol–water partition coefficient (Wildman–Crippen LogP) is 2.80. The summed E-state index contributed by atoms with van der Waals surface area (Å²) in [5, 5.41) is 3.33. The highest BCUT2D eigenvalue weighted by molar-refractivity contribution is 5.95. The molecule has 0 aromatic carbocycles. The van der Waals surface area contributed by atoms with Gasteiger partial charge >= 0.3 is 12.1 Å². The Balaban J connectivity index is 1.71. The van der Waals surface area contributed by atoms with Crippen LogP contribution in [-0.4, -0.2) is 66.6 Å². The molecule has 0 bridgehead atoms. The summed E-state index contributed by atoms with van der Waals surface area (Å²) in [5.74, 6) is -0.491. The molecule has 0 saturated carbocycles. The van der Waals surface area contributed by atoms with Gasteiger partial charge in [-0.15, -0.1) is 0 Å². The summed E-state index contributed by atoms with van der Waals surface area (Å²) in [6.45, 7) is 7.81. The lowest BCUT2D eigenvalue weighted by Crippen LogP contribution is -2.44. The summed E-state index contributed by atoms with van der Waals surface area (Å²) in [6.07, 6.45) is 4.11. The van der Waals surface area contributed by atoms with Gasteiger partial charge in [0.2, 0.25) is 0 Å². The summed E-state index contributed by atoms with van der Waals surface area (Å²) in [5.41, 5.74) is 0.114. The van der Waals surface area contributed by atoms with E-state index in [1.54, 1.807) is 15.7 Å². The second kappa shape index (κ2) is 9.72. The van der Waals surface area contributed by atoms with E-state index in [4.69, 9.17) is 14.2 Å². The van der Waals surface area contributed by atoms with Crippen molar-refractivity contribution >= 4 is 17.7 Å². The van der Waals surface area contributed by atoms with Crippen molar-refractivity contribution < 1.29 is 23.8 Å². The highest BCUT2D eigenvalue weighted by Gasteiger charge is 2.28. The van der Waals surface area contributed by atoms with Crippen LogP contribution in [0.25, 0.3) is 0 Å². The molecule has 0 aliphatic carbocycles. The first-order valence-electron chi connectivity index (χ1n) is 10.8. The van der Waals surface area contributed by atoms with Crippen molar-refractivity contribution in [3.05, 3.63) is 28.2 Å². The summed E-state index contributed by atoms with van der Waals surface area (Å²) in [6, 6.07) is 1.51. The van der Waals surface area contributed by atoms with Crippen molar-refractivity contribution in [1.29, 1.82) is 0 Å². The number of pyridine rings is 1. The Morgan fingerprint density at radius 2 is 1.77 bits per heavy atom. The number of esters is 1. The number of carbonyl (C=O) groups is 2.